The lowest BCUT2D eigenvalue weighted by atomic mass is 10.1. The van der Waals surface area contributed by atoms with Crippen molar-refractivity contribution < 1.29 is 14.8 Å². The largest absolute Gasteiger partial charge is 0.363 e. The maximum atomic E-state index is 12.4. The van der Waals surface area contributed by atoms with Gasteiger partial charge in [-0.05, 0) is 60.5 Å². The zero-order chi connectivity index (χ0) is 26.5. The molecule has 38 heavy (non-hydrogen) atoms. The van der Waals surface area contributed by atoms with Gasteiger partial charge in [-0.1, -0.05) is 42.5 Å². The molecule has 0 saturated carbocycles. The van der Waals surface area contributed by atoms with E-state index in [2.05, 4.69) is 50.0 Å². The first-order valence-corrected chi connectivity index (χ1v) is 11.9. The van der Waals surface area contributed by atoms with E-state index in [0.29, 0.717) is 11.4 Å². The lowest BCUT2D eigenvalue weighted by Gasteiger charge is -2.15. The Bertz CT molecular complexity index is 1570. The van der Waals surface area contributed by atoms with Crippen LogP contribution < -0.4 is 21.4 Å². The zero-order valence-corrected chi connectivity index (χ0v) is 20.4. The Kier molecular flexibility index (Phi) is 6.96. The molecule has 2 heterocycles. The molecule has 190 valence electrons. The van der Waals surface area contributed by atoms with E-state index >= 15 is 0 Å². The van der Waals surface area contributed by atoms with E-state index in [1.54, 1.807) is 29.7 Å². The Labute approximate surface area is 218 Å². The van der Waals surface area contributed by atoms with Crippen LogP contribution in [0.25, 0.3) is 22.3 Å². The molecular weight excluding hydrogens is 482 g/mol. The highest BCUT2D eigenvalue weighted by atomic mass is 16.5. The number of rotatable bonds is 7. The van der Waals surface area contributed by atoms with Gasteiger partial charge < -0.3 is 20.9 Å². The van der Waals surface area contributed by atoms with E-state index in [9.17, 15) is 9.59 Å². The van der Waals surface area contributed by atoms with Gasteiger partial charge >= 0.3 is 6.03 Å². The topological polar surface area (TPSA) is 144 Å². The number of urea groups is 1. The summed E-state index contributed by atoms with van der Waals surface area (Å²) in [6.45, 7) is 2.09. The number of nitrogens with zero attached hydrogens (tertiary/aromatic N) is 2. The summed E-state index contributed by atoms with van der Waals surface area (Å²) in [5.41, 5.74) is 6.62. The monoisotopic (exact) mass is 507 g/mol. The summed E-state index contributed by atoms with van der Waals surface area (Å²) in [6.07, 6.45) is 1.53. The number of benzene rings is 3. The molecule has 1 atom stereocenters. The van der Waals surface area contributed by atoms with Crippen LogP contribution in [0, 0.1) is 0 Å². The van der Waals surface area contributed by atoms with Crippen LogP contribution in [-0.4, -0.2) is 32.1 Å². The number of carbonyl (C=O) groups excluding carboxylic acids is 2. The summed E-state index contributed by atoms with van der Waals surface area (Å²) in [5, 5.41) is 18.5. The Morgan fingerprint density at radius 3 is 2.18 bits per heavy atom. The number of carbonyl (C=O) groups is 2. The number of nitrogens with one attached hydrogen (secondary N) is 5. The minimum Gasteiger partial charge on any atom is -0.363 e. The van der Waals surface area contributed by atoms with Crippen molar-refractivity contribution in [3.63, 3.8) is 0 Å². The third-order valence-electron chi connectivity index (χ3n) is 6.04. The fourth-order valence-electron chi connectivity index (χ4n) is 4.04. The van der Waals surface area contributed by atoms with Gasteiger partial charge in [0.25, 0.3) is 5.91 Å². The molecule has 0 saturated heterocycles. The van der Waals surface area contributed by atoms with Crippen LogP contribution in [0.4, 0.5) is 22.0 Å². The van der Waals surface area contributed by atoms with Crippen LogP contribution in [0.5, 0.6) is 0 Å². The van der Waals surface area contributed by atoms with Crippen molar-refractivity contribution in [2.75, 3.05) is 16.0 Å². The quantitative estimate of drug-likeness (QED) is 0.126. The average molecular weight is 508 g/mol. The Hall–Kier alpha value is -5.22. The van der Waals surface area contributed by atoms with Gasteiger partial charge in [0.1, 0.15) is 17.8 Å². The van der Waals surface area contributed by atoms with E-state index in [1.165, 1.54) is 18.5 Å². The molecule has 3 aromatic carbocycles. The number of H-pyrrole nitrogens is 1. The van der Waals surface area contributed by atoms with Crippen LogP contribution in [0.15, 0.2) is 91.3 Å². The van der Waals surface area contributed by atoms with Gasteiger partial charge in [0.2, 0.25) is 0 Å². The van der Waals surface area contributed by atoms with Crippen LogP contribution in [-0.2, 0) is 0 Å². The molecule has 0 bridgehead atoms. The number of hydrogen-bond acceptors (Lipinski definition) is 6. The molecule has 0 spiro atoms. The first-order chi connectivity index (χ1) is 18.5. The van der Waals surface area contributed by atoms with Crippen LogP contribution in [0.3, 0.4) is 0 Å². The first kappa shape index (κ1) is 24.5. The molecule has 3 amide bonds. The number of fused-ring (bicyclic) bond motifs is 1. The van der Waals surface area contributed by atoms with E-state index in [0.717, 1.165) is 33.7 Å². The predicted octanol–water partition coefficient (Wildman–Crippen LogP) is 5.56. The molecule has 0 fully saturated rings. The van der Waals surface area contributed by atoms with Gasteiger partial charge in [0.15, 0.2) is 0 Å². The minimum absolute atomic E-state index is 0.0714. The zero-order valence-electron chi connectivity index (χ0n) is 20.4. The molecule has 5 aromatic rings. The summed E-state index contributed by atoms with van der Waals surface area (Å²) in [7, 11) is 0. The van der Waals surface area contributed by atoms with Crippen molar-refractivity contribution in [1.82, 2.24) is 20.4 Å². The fourth-order valence-corrected chi connectivity index (χ4v) is 4.04. The Morgan fingerprint density at radius 2 is 1.53 bits per heavy atom. The number of amides is 3. The van der Waals surface area contributed by atoms with Gasteiger partial charge in [-0.25, -0.2) is 20.2 Å². The van der Waals surface area contributed by atoms with E-state index in [1.807, 2.05) is 36.4 Å². The highest BCUT2D eigenvalue weighted by Crippen LogP contribution is 2.29. The minimum atomic E-state index is -0.627. The summed E-state index contributed by atoms with van der Waals surface area (Å²) in [5.74, 6) is 0.117. The molecule has 10 heteroatoms. The highest BCUT2D eigenvalue weighted by molar-refractivity contribution is 6.00. The third-order valence-corrected chi connectivity index (χ3v) is 6.04. The molecule has 6 N–H and O–H groups in total. The highest BCUT2D eigenvalue weighted by Gasteiger charge is 2.13. The number of hydrogen-bond donors (Lipinski definition) is 6. The SMILES string of the molecule is C[C@@H](Nc1ncnc2[nH]c(-c3ccc(NC(=O)Nc4ccc(C(=O)NO)cc4)cc3)cc12)c1ccccc1. The summed E-state index contributed by atoms with van der Waals surface area (Å²) < 4.78 is 0. The molecule has 5 rings (SSSR count). The van der Waals surface area contributed by atoms with Gasteiger partial charge in [0, 0.05) is 28.7 Å². The second-order valence-electron chi connectivity index (χ2n) is 8.62. The summed E-state index contributed by atoms with van der Waals surface area (Å²) in [4.78, 5) is 36.0. The Balaban J connectivity index is 1.26. The first-order valence-electron chi connectivity index (χ1n) is 11.9. The summed E-state index contributed by atoms with van der Waals surface area (Å²) >= 11 is 0. The van der Waals surface area contributed by atoms with Crippen molar-refractivity contribution in [3.8, 4) is 11.3 Å². The fraction of sp³-hybridized carbons (Fsp3) is 0.0714. The van der Waals surface area contributed by atoms with Crippen molar-refractivity contribution in [3.05, 3.63) is 102 Å². The van der Waals surface area contributed by atoms with Gasteiger partial charge in [-0.15, -0.1) is 0 Å². The molecule has 0 aliphatic carbocycles. The molecule has 0 aliphatic heterocycles. The van der Waals surface area contributed by atoms with Crippen molar-refractivity contribution in [2.24, 2.45) is 0 Å². The van der Waals surface area contributed by atoms with Crippen molar-refractivity contribution in [1.29, 1.82) is 0 Å². The molecule has 2 aromatic heterocycles. The average Bonchev–Trinajstić information content (AvgIpc) is 3.39. The molecule has 0 aliphatic rings. The number of anilines is 3. The lowest BCUT2D eigenvalue weighted by molar-refractivity contribution is 0.0706. The van der Waals surface area contributed by atoms with Gasteiger partial charge in [-0.2, -0.15) is 0 Å². The number of aromatic nitrogens is 3. The van der Waals surface area contributed by atoms with Crippen molar-refractivity contribution in [2.45, 2.75) is 13.0 Å². The maximum absolute atomic E-state index is 12.4. The predicted molar refractivity (Wildman–Crippen MR) is 146 cm³/mol. The third kappa shape index (κ3) is 5.45. The van der Waals surface area contributed by atoms with Crippen LogP contribution >= 0.6 is 0 Å². The molecule has 10 nitrogen and oxygen atoms in total. The van der Waals surface area contributed by atoms with Gasteiger partial charge in [0.05, 0.1) is 5.39 Å². The lowest BCUT2D eigenvalue weighted by Crippen LogP contribution is -2.20. The van der Waals surface area contributed by atoms with Gasteiger partial charge in [-0.3, -0.25) is 10.0 Å². The molecular formula is C28H25N7O3. The Morgan fingerprint density at radius 1 is 0.868 bits per heavy atom. The smallest absolute Gasteiger partial charge is 0.323 e. The van der Waals surface area contributed by atoms with Crippen LogP contribution in [0.1, 0.15) is 28.9 Å². The maximum Gasteiger partial charge on any atom is 0.323 e. The number of aromatic amines is 1. The summed E-state index contributed by atoms with van der Waals surface area (Å²) in [6, 6.07) is 25.3. The standard InChI is InChI=1S/C28H25N7O3/c1-17(18-5-3-2-4-6-18)31-25-23-15-24(34-26(23)30-16-29-25)19-7-11-21(12-8-19)32-28(37)33-22-13-9-20(10-14-22)27(36)35-38/h2-17,38H,1H3,(H,35,36)(H2,32,33,37)(H2,29,30,31,34)/t17-/m1/s1. The normalized spacial score (nSPS) is 11.5. The molecule has 0 unspecified atom stereocenters. The number of hydroxylamine groups is 1. The second kappa shape index (κ2) is 10.8. The molecule has 0 radical (unpaired) electrons. The van der Waals surface area contributed by atoms with E-state index in [4.69, 9.17) is 5.21 Å². The van der Waals surface area contributed by atoms with E-state index < -0.39 is 11.9 Å². The van der Waals surface area contributed by atoms with Crippen LogP contribution in [0.2, 0.25) is 0 Å². The van der Waals surface area contributed by atoms with Crippen molar-refractivity contribution >= 4 is 40.2 Å². The van der Waals surface area contributed by atoms with E-state index in [-0.39, 0.29) is 11.6 Å². The second-order valence-corrected chi connectivity index (χ2v) is 8.62.